The predicted octanol–water partition coefficient (Wildman–Crippen LogP) is 11.5. The van der Waals surface area contributed by atoms with Crippen LogP contribution in [0.5, 0.6) is 0 Å². The van der Waals surface area contributed by atoms with E-state index in [-0.39, 0.29) is 18.9 Å². The third-order valence-electron chi connectivity index (χ3n) is 11.5. The molecule has 9 heteroatoms. The van der Waals surface area contributed by atoms with Gasteiger partial charge in [0.05, 0.1) is 25.4 Å². The molecule has 0 aromatic carbocycles. The molecule has 0 radical (unpaired) electrons. The van der Waals surface area contributed by atoms with Crippen molar-refractivity contribution in [2.45, 2.75) is 236 Å². The number of nitrogens with one attached hydrogen (secondary N) is 1. The van der Waals surface area contributed by atoms with Gasteiger partial charge < -0.3 is 40.3 Å². The van der Waals surface area contributed by atoms with Crippen molar-refractivity contribution in [3.05, 3.63) is 85.1 Å². The van der Waals surface area contributed by atoms with Crippen LogP contribution in [-0.2, 0) is 14.3 Å². The first-order valence-corrected chi connectivity index (χ1v) is 25.3. The van der Waals surface area contributed by atoms with E-state index in [1.54, 1.807) is 12.2 Å². The van der Waals surface area contributed by atoms with Crippen LogP contribution in [0.2, 0.25) is 0 Å². The molecule has 1 heterocycles. The Morgan fingerprint density at radius 1 is 0.556 bits per heavy atom. The first-order valence-electron chi connectivity index (χ1n) is 25.3. The highest BCUT2D eigenvalue weighted by Crippen LogP contribution is 2.22. The summed E-state index contributed by atoms with van der Waals surface area (Å²) < 4.78 is 11.2. The van der Waals surface area contributed by atoms with Crippen molar-refractivity contribution >= 4 is 5.91 Å². The zero-order valence-electron chi connectivity index (χ0n) is 39.8. The molecule has 0 bridgehead atoms. The maximum atomic E-state index is 12.9. The van der Waals surface area contributed by atoms with Crippen LogP contribution in [0.1, 0.15) is 194 Å². The predicted molar refractivity (Wildman–Crippen MR) is 262 cm³/mol. The second-order valence-electron chi connectivity index (χ2n) is 17.2. The highest BCUT2D eigenvalue weighted by Gasteiger charge is 2.44. The van der Waals surface area contributed by atoms with Crippen LogP contribution < -0.4 is 5.32 Å². The van der Waals surface area contributed by atoms with Gasteiger partial charge in [0.1, 0.15) is 24.4 Å². The largest absolute Gasteiger partial charge is 0.394 e. The van der Waals surface area contributed by atoms with E-state index in [0.717, 1.165) is 44.9 Å². The lowest BCUT2D eigenvalue weighted by Crippen LogP contribution is -2.60. The molecular formula is C54H93NO8. The topological polar surface area (TPSA) is 149 Å². The van der Waals surface area contributed by atoms with Gasteiger partial charge in [-0.1, -0.05) is 214 Å². The number of allylic oxidation sites excluding steroid dienone is 12. The number of carbonyl (C=O) groups is 1. The van der Waals surface area contributed by atoms with Gasteiger partial charge in [0.25, 0.3) is 0 Å². The van der Waals surface area contributed by atoms with E-state index in [1.807, 2.05) is 18.2 Å². The van der Waals surface area contributed by atoms with Gasteiger partial charge in [0.2, 0.25) is 5.91 Å². The van der Waals surface area contributed by atoms with Gasteiger partial charge in [-0.15, -0.1) is 0 Å². The lowest BCUT2D eigenvalue weighted by molar-refractivity contribution is -0.302. The van der Waals surface area contributed by atoms with Crippen molar-refractivity contribution in [3.63, 3.8) is 0 Å². The molecule has 7 atom stereocenters. The molecule has 0 spiro atoms. The Kier molecular flexibility index (Phi) is 40.1. The Labute approximate surface area is 384 Å². The summed E-state index contributed by atoms with van der Waals surface area (Å²) in [6.07, 6.45) is 53.9. The molecule has 0 saturated carbocycles. The molecule has 362 valence electrons. The van der Waals surface area contributed by atoms with Crippen LogP contribution in [0.25, 0.3) is 0 Å². The summed E-state index contributed by atoms with van der Waals surface area (Å²) in [6.45, 7) is 3.58. The number of rotatable bonds is 41. The monoisotopic (exact) mass is 884 g/mol. The highest BCUT2D eigenvalue weighted by atomic mass is 16.7. The third kappa shape index (κ3) is 33.5. The van der Waals surface area contributed by atoms with E-state index in [4.69, 9.17) is 9.47 Å². The van der Waals surface area contributed by atoms with Crippen molar-refractivity contribution < 1.29 is 39.8 Å². The first kappa shape index (κ1) is 58.4. The fourth-order valence-corrected chi connectivity index (χ4v) is 7.47. The highest BCUT2D eigenvalue weighted by molar-refractivity contribution is 5.77. The van der Waals surface area contributed by atoms with Crippen LogP contribution in [-0.4, -0.2) is 87.5 Å². The number of aliphatic hydroxyl groups excluding tert-OH is 5. The van der Waals surface area contributed by atoms with Gasteiger partial charge in [0.15, 0.2) is 6.29 Å². The smallest absolute Gasteiger partial charge is 0.224 e. The molecule has 63 heavy (non-hydrogen) atoms. The molecular weight excluding hydrogens is 791 g/mol. The van der Waals surface area contributed by atoms with E-state index in [1.165, 1.54) is 122 Å². The summed E-state index contributed by atoms with van der Waals surface area (Å²) in [5.41, 5.74) is 0. The van der Waals surface area contributed by atoms with Crippen LogP contribution in [0, 0.1) is 0 Å². The number of aliphatic hydroxyl groups is 5. The SMILES string of the molecule is CC/C=C\C/C=C\C/C=C\C/C=C\C/C=C\CC(=O)NC(COC1OC(CO)C(O)C(O)C1O)C(O)/C=C/CC/C=C/CCCCCCCCCCCCCCCCCCCCC. The zero-order valence-corrected chi connectivity index (χ0v) is 39.8. The minimum Gasteiger partial charge on any atom is -0.394 e. The van der Waals surface area contributed by atoms with Gasteiger partial charge in [-0.3, -0.25) is 4.79 Å². The Balaban J connectivity index is 2.35. The van der Waals surface area contributed by atoms with Gasteiger partial charge in [0, 0.05) is 6.42 Å². The first-order chi connectivity index (χ1) is 30.8. The van der Waals surface area contributed by atoms with Crippen molar-refractivity contribution in [1.82, 2.24) is 5.32 Å². The maximum absolute atomic E-state index is 12.9. The Morgan fingerprint density at radius 3 is 1.49 bits per heavy atom. The van der Waals surface area contributed by atoms with Crippen LogP contribution in [0.3, 0.4) is 0 Å². The minimum absolute atomic E-state index is 0.102. The van der Waals surface area contributed by atoms with Gasteiger partial charge >= 0.3 is 0 Å². The molecule has 7 unspecified atom stereocenters. The lowest BCUT2D eigenvalue weighted by Gasteiger charge is -2.40. The second-order valence-corrected chi connectivity index (χ2v) is 17.2. The summed E-state index contributed by atoms with van der Waals surface area (Å²) in [5.74, 6) is -0.316. The molecule has 1 saturated heterocycles. The summed E-state index contributed by atoms with van der Waals surface area (Å²) in [7, 11) is 0. The van der Waals surface area contributed by atoms with Crippen LogP contribution >= 0.6 is 0 Å². The molecule has 0 aromatic rings. The number of hydrogen-bond donors (Lipinski definition) is 6. The molecule has 0 aliphatic carbocycles. The molecule has 1 rings (SSSR count). The van der Waals surface area contributed by atoms with Crippen molar-refractivity contribution in [1.29, 1.82) is 0 Å². The average Bonchev–Trinajstić information content (AvgIpc) is 3.28. The van der Waals surface area contributed by atoms with Crippen molar-refractivity contribution in [2.75, 3.05) is 13.2 Å². The number of hydrogen-bond acceptors (Lipinski definition) is 8. The van der Waals surface area contributed by atoms with Gasteiger partial charge in [-0.25, -0.2) is 0 Å². The zero-order chi connectivity index (χ0) is 45.9. The normalized spacial score (nSPS) is 20.9. The molecule has 1 aliphatic heterocycles. The number of amides is 1. The van der Waals surface area contributed by atoms with E-state index >= 15 is 0 Å². The summed E-state index contributed by atoms with van der Waals surface area (Å²) in [6, 6.07) is -0.881. The van der Waals surface area contributed by atoms with E-state index in [2.05, 4.69) is 73.8 Å². The van der Waals surface area contributed by atoms with Gasteiger partial charge in [-0.05, 0) is 57.8 Å². The van der Waals surface area contributed by atoms with Crippen LogP contribution in [0.4, 0.5) is 0 Å². The van der Waals surface area contributed by atoms with E-state index < -0.39 is 49.5 Å². The van der Waals surface area contributed by atoms with E-state index in [0.29, 0.717) is 6.42 Å². The van der Waals surface area contributed by atoms with Crippen molar-refractivity contribution in [3.8, 4) is 0 Å². The second kappa shape index (κ2) is 43.3. The minimum atomic E-state index is -1.59. The van der Waals surface area contributed by atoms with E-state index in [9.17, 15) is 30.3 Å². The fourth-order valence-electron chi connectivity index (χ4n) is 7.47. The van der Waals surface area contributed by atoms with Crippen molar-refractivity contribution in [2.24, 2.45) is 0 Å². The summed E-state index contributed by atoms with van der Waals surface area (Å²) in [5, 5.41) is 54.2. The molecule has 1 aliphatic rings. The Hall–Kier alpha value is -2.63. The number of carbonyl (C=O) groups excluding carboxylic acids is 1. The Morgan fingerprint density at radius 2 is 1.00 bits per heavy atom. The molecule has 9 nitrogen and oxygen atoms in total. The molecule has 1 amide bonds. The Bertz CT molecular complexity index is 1260. The van der Waals surface area contributed by atoms with Gasteiger partial charge in [-0.2, -0.15) is 0 Å². The average molecular weight is 884 g/mol. The fraction of sp³-hybridized carbons (Fsp3) is 0.722. The third-order valence-corrected chi connectivity index (χ3v) is 11.5. The molecule has 1 fully saturated rings. The number of unbranched alkanes of at least 4 members (excludes halogenated alkanes) is 20. The standard InChI is InChI=1S/C54H93NO8/c1-3-5-7-9-11-13-15-17-19-20-21-22-23-24-25-26-27-28-30-31-33-35-37-39-41-43-48(57)47(46-62-54-53(61)52(60)51(59)49(45-56)63-54)55-50(58)44-42-40-38-36-34-32-29-18-16-14-12-10-8-6-4-2/h6,8,12,14,18,29,33-36,40-43,47-49,51-54,56-57,59-61H,3-5,7,9-11,13,15-17,19-28,30-32,37-39,44-46H2,1-2H3,(H,55,58)/b8-6-,14-12-,29-18-,35-33+,36-34-,42-40-,43-41+. The quantitative estimate of drug-likeness (QED) is 0.0263. The molecule has 6 N–H and O–H groups in total. The van der Waals surface area contributed by atoms with Crippen LogP contribution in [0.15, 0.2) is 85.1 Å². The summed E-state index contributed by atoms with van der Waals surface area (Å²) in [4.78, 5) is 12.9. The maximum Gasteiger partial charge on any atom is 0.224 e. The lowest BCUT2D eigenvalue weighted by atomic mass is 9.99. The number of ether oxygens (including phenoxy) is 2. The summed E-state index contributed by atoms with van der Waals surface area (Å²) >= 11 is 0. The molecule has 0 aromatic heterocycles.